The van der Waals surface area contributed by atoms with Crippen molar-refractivity contribution in [1.82, 2.24) is 19.8 Å². The van der Waals surface area contributed by atoms with Crippen LogP contribution in [0.5, 0.6) is 0 Å². The van der Waals surface area contributed by atoms with E-state index < -0.39 is 24.3 Å². The summed E-state index contributed by atoms with van der Waals surface area (Å²) < 4.78 is 75.0. The number of likely N-dealkylation sites (tertiary alicyclic amines) is 1. The van der Waals surface area contributed by atoms with Gasteiger partial charge in [0.15, 0.2) is 0 Å². The molecule has 0 aliphatic carbocycles. The van der Waals surface area contributed by atoms with Crippen molar-refractivity contribution in [2.45, 2.75) is 31.4 Å². The summed E-state index contributed by atoms with van der Waals surface area (Å²) in [5.41, 5.74) is 0.413. The fourth-order valence-electron chi connectivity index (χ4n) is 4.01. The molecule has 0 aromatic carbocycles. The quantitative estimate of drug-likeness (QED) is 0.503. The normalized spacial score (nSPS) is 20.5. The van der Waals surface area contributed by atoms with E-state index in [2.05, 4.69) is 21.9 Å². The zero-order valence-corrected chi connectivity index (χ0v) is 20.9. The average molecular weight is 584 g/mol. The third-order valence-electron chi connectivity index (χ3n) is 5.86. The molecule has 222 valence electrons. The van der Waals surface area contributed by atoms with E-state index >= 15 is 0 Å². The van der Waals surface area contributed by atoms with Gasteiger partial charge < -0.3 is 24.3 Å². The van der Waals surface area contributed by atoms with Crippen LogP contribution >= 0.6 is 0 Å². The molecule has 0 radical (unpaired) electrons. The number of piperidine rings is 1. The number of rotatable bonds is 5. The van der Waals surface area contributed by atoms with Gasteiger partial charge >= 0.3 is 24.3 Å². The fourth-order valence-corrected chi connectivity index (χ4v) is 4.01. The molecule has 2 fully saturated rings. The average Bonchev–Trinajstić information content (AvgIpc) is 3.53. The number of hydrogen-bond donors (Lipinski definition) is 2. The number of carboxylic acid groups (broad SMARTS) is 2. The first-order valence-corrected chi connectivity index (χ1v) is 11.6. The van der Waals surface area contributed by atoms with Crippen molar-refractivity contribution >= 4 is 17.8 Å². The number of likely N-dealkylation sites (N-methyl/N-ethyl adjacent to an activating group) is 1. The van der Waals surface area contributed by atoms with Crippen molar-refractivity contribution < 1.29 is 60.1 Å². The molecule has 2 aliphatic rings. The summed E-state index contributed by atoms with van der Waals surface area (Å²) in [7, 11) is 2.07. The van der Waals surface area contributed by atoms with Crippen LogP contribution in [0.4, 0.5) is 26.3 Å². The second-order valence-corrected chi connectivity index (χ2v) is 8.81. The minimum atomic E-state index is -5.08. The van der Waals surface area contributed by atoms with Crippen molar-refractivity contribution in [3.8, 4) is 0 Å². The summed E-state index contributed by atoms with van der Waals surface area (Å²) >= 11 is 0. The maximum absolute atomic E-state index is 12.7. The lowest BCUT2D eigenvalue weighted by Crippen LogP contribution is -2.47. The number of nitrogens with zero attached hydrogens (tertiary/aromatic N) is 4. The van der Waals surface area contributed by atoms with Gasteiger partial charge in [-0.15, -0.1) is 0 Å². The Morgan fingerprint density at radius 3 is 2.23 bits per heavy atom. The van der Waals surface area contributed by atoms with E-state index in [0.29, 0.717) is 17.5 Å². The molecule has 2 saturated heterocycles. The number of carbonyl (C=O) groups excluding carboxylic acids is 1. The first-order chi connectivity index (χ1) is 18.6. The smallest absolute Gasteiger partial charge is 0.475 e. The molecule has 2 N–H and O–H groups in total. The molecular formula is C23H26F6N4O7. The molecule has 4 rings (SSSR count). The van der Waals surface area contributed by atoms with Crippen LogP contribution in [-0.2, 0) is 20.9 Å². The van der Waals surface area contributed by atoms with Crippen LogP contribution in [0, 0.1) is 11.8 Å². The van der Waals surface area contributed by atoms with Gasteiger partial charge in [0.25, 0.3) is 5.91 Å². The third-order valence-corrected chi connectivity index (χ3v) is 5.86. The highest BCUT2D eigenvalue weighted by atomic mass is 19.4. The van der Waals surface area contributed by atoms with Crippen LogP contribution in [0.3, 0.4) is 0 Å². The second kappa shape index (κ2) is 14.1. The molecule has 4 heterocycles. The third kappa shape index (κ3) is 10.1. The van der Waals surface area contributed by atoms with Gasteiger partial charge in [-0.2, -0.15) is 26.3 Å². The van der Waals surface area contributed by atoms with E-state index in [1.54, 1.807) is 18.7 Å². The van der Waals surface area contributed by atoms with E-state index in [-0.39, 0.29) is 12.0 Å². The van der Waals surface area contributed by atoms with Gasteiger partial charge in [-0.05, 0) is 31.5 Å². The Morgan fingerprint density at radius 1 is 1.10 bits per heavy atom. The maximum Gasteiger partial charge on any atom is 0.490 e. The SMILES string of the molecule is CN(Cc1ccco1)C[C@H]1OC[C@@H]2CCN(C(=O)c3cnccn3)C[C@@H]21.O=C(O)C(F)(F)F.O=C(O)C(F)(F)F. The molecule has 0 unspecified atom stereocenters. The van der Waals surface area contributed by atoms with Crippen LogP contribution in [0.1, 0.15) is 22.7 Å². The molecule has 0 spiro atoms. The molecule has 0 saturated carbocycles. The zero-order chi connectivity index (χ0) is 30.1. The van der Waals surface area contributed by atoms with Crippen LogP contribution in [0.15, 0.2) is 41.4 Å². The minimum absolute atomic E-state index is 0.0360. The Balaban J connectivity index is 0.000000333. The molecule has 0 bridgehead atoms. The van der Waals surface area contributed by atoms with Gasteiger partial charge in [0.05, 0.1) is 31.7 Å². The van der Waals surface area contributed by atoms with E-state index in [1.807, 2.05) is 17.0 Å². The number of carboxylic acids is 2. The van der Waals surface area contributed by atoms with Crippen LogP contribution in [0.25, 0.3) is 0 Å². The zero-order valence-electron chi connectivity index (χ0n) is 20.9. The number of aliphatic carboxylic acids is 2. The molecule has 11 nitrogen and oxygen atoms in total. The van der Waals surface area contributed by atoms with Crippen molar-refractivity contribution in [2.75, 3.05) is 33.3 Å². The lowest BCUT2D eigenvalue weighted by Gasteiger charge is -2.36. The summed E-state index contributed by atoms with van der Waals surface area (Å²) in [6.45, 7) is 3.85. The Morgan fingerprint density at radius 2 is 1.73 bits per heavy atom. The lowest BCUT2D eigenvalue weighted by molar-refractivity contribution is -0.193. The first-order valence-electron chi connectivity index (χ1n) is 11.6. The Hall–Kier alpha value is -3.73. The number of fused-ring (bicyclic) bond motifs is 1. The van der Waals surface area contributed by atoms with Crippen LogP contribution in [-0.4, -0.2) is 99.6 Å². The number of ether oxygens (including phenoxy) is 1. The molecule has 2 aromatic heterocycles. The lowest BCUT2D eigenvalue weighted by atomic mass is 9.84. The Kier molecular flexibility index (Phi) is 11.4. The second-order valence-electron chi connectivity index (χ2n) is 8.81. The topological polar surface area (TPSA) is 146 Å². The van der Waals surface area contributed by atoms with Crippen LogP contribution in [0.2, 0.25) is 0 Å². The van der Waals surface area contributed by atoms with Gasteiger partial charge in [0.2, 0.25) is 0 Å². The number of aromatic nitrogens is 2. The van der Waals surface area contributed by atoms with Gasteiger partial charge in [-0.25, -0.2) is 14.6 Å². The minimum Gasteiger partial charge on any atom is -0.475 e. The molecule has 3 atom stereocenters. The number of alkyl halides is 6. The van der Waals surface area contributed by atoms with Gasteiger partial charge in [-0.1, -0.05) is 0 Å². The van der Waals surface area contributed by atoms with E-state index in [1.165, 1.54) is 6.20 Å². The predicted octanol–water partition coefficient (Wildman–Crippen LogP) is 2.95. The Labute approximate surface area is 223 Å². The number of carbonyl (C=O) groups is 3. The summed E-state index contributed by atoms with van der Waals surface area (Å²) in [5, 5.41) is 14.2. The summed E-state index contributed by atoms with van der Waals surface area (Å²) in [4.78, 5) is 42.8. The van der Waals surface area contributed by atoms with Gasteiger partial charge in [-0.3, -0.25) is 14.7 Å². The van der Waals surface area contributed by atoms with E-state index in [9.17, 15) is 31.1 Å². The first kappa shape index (κ1) is 32.5. The fraction of sp³-hybridized carbons (Fsp3) is 0.522. The maximum atomic E-state index is 12.7. The molecular weight excluding hydrogens is 558 g/mol. The van der Waals surface area contributed by atoms with Crippen LogP contribution < -0.4 is 0 Å². The summed E-state index contributed by atoms with van der Waals surface area (Å²) in [5.74, 6) is -3.71. The molecule has 40 heavy (non-hydrogen) atoms. The van der Waals surface area contributed by atoms with Gasteiger partial charge in [0.1, 0.15) is 11.5 Å². The van der Waals surface area contributed by atoms with Crippen molar-refractivity contribution in [3.63, 3.8) is 0 Å². The number of furan rings is 1. The molecule has 17 heteroatoms. The number of amides is 1. The summed E-state index contributed by atoms with van der Waals surface area (Å²) in [6.07, 6.45) is -2.67. The van der Waals surface area contributed by atoms with Gasteiger partial charge in [0, 0.05) is 37.9 Å². The molecule has 2 aliphatic heterocycles. The standard InChI is InChI=1S/C19H24N4O3.2C2HF3O2/c1-22(10-15-3-2-8-25-15)12-18-16-11-23(7-4-14(16)13-26-18)19(24)17-9-20-5-6-21-17;2*3-2(4,5)1(6)7/h2-3,5-6,8-9,14,16,18H,4,7,10-13H2,1H3;2*(H,6,7)/t14-,16-,18+;;/m0../s1. The highest BCUT2D eigenvalue weighted by molar-refractivity contribution is 5.92. The van der Waals surface area contributed by atoms with Crippen molar-refractivity contribution in [2.24, 2.45) is 11.8 Å². The van der Waals surface area contributed by atoms with Crippen molar-refractivity contribution in [3.05, 3.63) is 48.4 Å². The largest absolute Gasteiger partial charge is 0.490 e. The highest BCUT2D eigenvalue weighted by Crippen LogP contribution is 2.35. The molecule has 2 aromatic rings. The summed E-state index contributed by atoms with van der Waals surface area (Å²) in [6, 6.07) is 3.89. The van der Waals surface area contributed by atoms with Crippen molar-refractivity contribution in [1.29, 1.82) is 0 Å². The van der Waals surface area contributed by atoms with E-state index in [4.69, 9.17) is 29.0 Å². The number of halogens is 6. The number of hydrogen-bond acceptors (Lipinski definition) is 8. The molecule has 1 amide bonds. The Bertz CT molecular complexity index is 1080. The monoisotopic (exact) mass is 584 g/mol. The highest BCUT2D eigenvalue weighted by Gasteiger charge is 2.42. The predicted molar refractivity (Wildman–Crippen MR) is 122 cm³/mol. The van der Waals surface area contributed by atoms with E-state index in [0.717, 1.165) is 45.0 Å².